The number of nitrogens with zero attached hydrogens (tertiary/aromatic N) is 2. The molecule has 0 aromatic heterocycles. The summed E-state index contributed by atoms with van der Waals surface area (Å²) in [6.07, 6.45) is 4.35. The second-order valence-corrected chi connectivity index (χ2v) is 14.4. The molecule has 0 spiro atoms. The molecule has 2 bridgehead atoms. The maximum atomic E-state index is 13.1. The smallest absolute Gasteiger partial charge is 0.215 e. The Bertz CT molecular complexity index is 839. The largest absolute Gasteiger partial charge is 0.308 e. The first-order valence-corrected chi connectivity index (χ1v) is 14.1. The predicted octanol–water partition coefficient (Wildman–Crippen LogP) is 2.78. The minimum Gasteiger partial charge on any atom is -0.308 e. The maximum absolute atomic E-state index is 13.1. The van der Waals surface area contributed by atoms with E-state index in [1.54, 1.807) is 0 Å². The molecule has 2 fully saturated rings. The fourth-order valence-electron chi connectivity index (χ4n) is 4.85. The van der Waals surface area contributed by atoms with Crippen LogP contribution in [0.1, 0.15) is 52.0 Å². The molecule has 0 saturated carbocycles. The zero-order valence-corrected chi connectivity index (χ0v) is 21.2. The molecule has 5 atom stereocenters. The van der Waals surface area contributed by atoms with Gasteiger partial charge in [-0.1, -0.05) is 30.3 Å². The number of benzene rings is 1. The highest BCUT2D eigenvalue weighted by atomic mass is 32.2. The van der Waals surface area contributed by atoms with Gasteiger partial charge >= 0.3 is 0 Å². The molecule has 1 aromatic carbocycles. The number of fused-ring (bicyclic) bond motifs is 2. The van der Waals surface area contributed by atoms with Gasteiger partial charge in [-0.3, -0.25) is 0 Å². The van der Waals surface area contributed by atoms with E-state index < -0.39 is 21.0 Å². The van der Waals surface area contributed by atoms with Gasteiger partial charge < -0.3 is 4.90 Å². The highest BCUT2D eigenvalue weighted by molar-refractivity contribution is 7.89. The summed E-state index contributed by atoms with van der Waals surface area (Å²) < 4.78 is 44.0. The van der Waals surface area contributed by atoms with E-state index in [-0.39, 0.29) is 28.6 Å². The van der Waals surface area contributed by atoms with Gasteiger partial charge in [0, 0.05) is 24.7 Å². The van der Waals surface area contributed by atoms with Crippen molar-refractivity contribution < 1.29 is 12.6 Å². The van der Waals surface area contributed by atoms with Crippen LogP contribution in [-0.2, 0) is 27.4 Å². The Hall–Kier alpha value is -0.800. The third-order valence-electron chi connectivity index (χ3n) is 6.50. The van der Waals surface area contributed by atoms with Crippen LogP contribution in [0.5, 0.6) is 0 Å². The molecule has 1 aromatic rings. The van der Waals surface area contributed by atoms with E-state index in [0.717, 1.165) is 32.1 Å². The lowest BCUT2D eigenvalue weighted by Gasteiger charge is -2.41. The second kappa shape index (κ2) is 10.00. The fourth-order valence-corrected chi connectivity index (χ4v) is 7.85. The van der Waals surface area contributed by atoms with Crippen LogP contribution in [0, 0.1) is 5.92 Å². The number of hydrogen-bond donors (Lipinski definition) is 1. The summed E-state index contributed by atoms with van der Waals surface area (Å²) in [5.74, 6) is 0.488. The highest BCUT2D eigenvalue weighted by Crippen LogP contribution is 2.42. The van der Waals surface area contributed by atoms with Crippen LogP contribution in [0.25, 0.3) is 0 Å². The third-order valence-corrected chi connectivity index (χ3v) is 10.1. The first-order valence-electron chi connectivity index (χ1n) is 11.4. The van der Waals surface area contributed by atoms with Crippen molar-refractivity contribution in [2.45, 2.75) is 75.7 Å². The Kier molecular flexibility index (Phi) is 8.01. The van der Waals surface area contributed by atoms with Gasteiger partial charge in [0.15, 0.2) is 0 Å². The number of piperidine rings is 1. The normalized spacial score (nSPS) is 26.8. The van der Waals surface area contributed by atoms with E-state index >= 15 is 0 Å². The SMILES string of the molecule is CN(C)CCS(=O)(=O)N1[C@@H]2CC[C@H]1CC([C@@H](Cc1ccccc1)N[S@@](=O)C(C)(C)C)C2. The molecule has 0 amide bonds. The Morgan fingerprint density at radius 3 is 2.23 bits per heavy atom. The molecular formula is C23H39N3O3S2. The molecule has 31 heavy (non-hydrogen) atoms. The van der Waals surface area contributed by atoms with Gasteiger partial charge in [0.05, 0.1) is 21.5 Å². The number of rotatable bonds is 9. The minimum atomic E-state index is -3.26. The van der Waals surface area contributed by atoms with Crippen molar-refractivity contribution in [2.75, 3.05) is 26.4 Å². The van der Waals surface area contributed by atoms with E-state index in [1.165, 1.54) is 5.56 Å². The lowest BCUT2D eigenvalue weighted by atomic mass is 9.84. The van der Waals surface area contributed by atoms with E-state index in [9.17, 15) is 12.6 Å². The van der Waals surface area contributed by atoms with Gasteiger partial charge in [-0.05, 0) is 78.5 Å². The molecule has 2 aliphatic rings. The zero-order chi connectivity index (χ0) is 22.8. The van der Waals surface area contributed by atoms with Crippen molar-refractivity contribution in [2.24, 2.45) is 5.92 Å². The summed E-state index contributed by atoms with van der Waals surface area (Å²) >= 11 is 0. The van der Waals surface area contributed by atoms with Crippen LogP contribution in [-0.4, -0.2) is 71.1 Å². The molecule has 2 heterocycles. The molecule has 3 rings (SSSR count). The van der Waals surface area contributed by atoms with Crippen molar-refractivity contribution in [1.82, 2.24) is 13.9 Å². The first kappa shape index (κ1) is 24.8. The Labute approximate surface area is 191 Å². The molecular weight excluding hydrogens is 430 g/mol. The van der Waals surface area contributed by atoms with Crippen LogP contribution in [0.3, 0.4) is 0 Å². The first-order chi connectivity index (χ1) is 14.5. The van der Waals surface area contributed by atoms with E-state index in [4.69, 9.17) is 0 Å². The molecule has 2 aliphatic heterocycles. The molecule has 8 heteroatoms. The van der Waals surface area contributed by atoms with Gasteiger partial charge in [-0.25, -0.2) is 17.3 Å². The standard InChI is InChI=1S/C23H39N3O3S2/c1-23(2,3)30(27)24-22(15-18-9-7-6-8-10-18)19-16-20-11-12-21(17-19)26(20)31(28,29)14-13-25(4)5/h6-10,19-22,24H,11-17H2,1-5H3/t19?,20-,21+,22-,30+/m1/s1. The Balaban J connectivity index is 1.76. The quantitative estimate of drug-likeness (QED) is 0.604. The van der Waals surface area contributed by atoms with E-state index in [0.29, 0.717) is 12.5 Å². The molecule has 2 saturated heterocycles. The Morgan fingerprint density at radius 2 is 1.71 bits per heavy atom. The van der Waals surface area contributed by atoms with E-state index in [1.807, 2.05) is 62.3 Å². The summed E-state index contributed by atoms with van der Waals surface area (Å²) in [6, 6.07) is 10.5. The van der Waals surface area contributed by atoms with Gasteiger partial charge in [-0.15, -0.1) is 0 Å². The number of sulfonamides is 1. The lowest BCUT2D eigenvalue weighted by molar-refractivity contribution is 0.166. The van der Waals surface area contributed by atoms with Crippen molar-refractivity contribution in [3.63, 3.8) is 0 Å². The molecule has 0 radical (unpaired) electrons. The van der Waals surface area contributed by atoms with Gasteiger partial charge in [0.1, 0.15) is 0 Å². The number of hydrogen-bond acceptors (Lipinski definition) is 4. The zero-order valence-electron chi connectivity index (χ0n) is 19.6. The third kappa shape index (κ3) is 6.38. The molecule has 1 N–H and O–H groups in total. The second-order valence-electron chi connectivity index (χ2n) is 10.4. The number of nitrogens with one attached hydrogen (secondary N) is 1. The van der Waals surface area contributed by atoms with Gasteiger partial charge in [0.2, 0.25) is 10.0 Å². The molecule has 176 valence electrons. The summed E-state index contributed by atoms with van der Waals surface area (Å²) in [6.45, 7) is 6.50. The van der Waals surface area contributed by atoms with Crippen molar-refractivity contribution in [3.05, 3.63) is 35.9 Å². The summed E-state index contributed by atoms with van der Waals surface area (Å²) in [7, 11) is -0.607. The van der Waals surface area contributed by atoms with E-state index in [2.05, 4.69) is 16.9 Å². The van der Waals surface area contributed by atoms with Crippen LogP contribution in [0.15, 0.2) is 30.3 Å². The fraction of sp³-hybridized carbons (Fsp3) is 0.739. The summed E-state index contributed by atoms with van der Waals surface area (Å²) in [4.78, 5) is 1.92. The van der Waals surface area contributed by atoms with Crippen molar-refractivity contribution >= 4 is 21.0 Å². The minimum absolute atomic E-state index is 0.0668. The summed E-state index contributed by atoms with van der Waals surface area (Å²) in [5, 5.41) is 0. The lowest BCUT2D eigenvalue weighted by Crippen LogP contribution is -2.53. The van der Waals surface area contributed by atoms with Crippen LogP contribution < -0.4 is 4.72 Å². The van der Waals surface area contributed by atoms with Crippen molar-refractivity contribution in [1.29, 1.82) is 0 Å². The van der Waals surface area contributed by atoms with Gasteiger partial charge in [-0.2, -0.15) is 4.31 Å². The van der Waals surface area contributed by atoms with Gasteiger partial charge in [0.25, 0.3) is 0 Å². The molecule has 1 unspecified atom stereocenters. The predicted molar refractivity (Wildman–Crippen MR) is 129 cm³/mol. The summed E-state index contributed by atoms with van der Waals surface area (Å²) in [5.41, 5.74) is 1.22. The molecule has 0 aliphatic carbocycles. The Morgan fingerprint density at radius 1 is 1.13 bits per heavy atom. The van der Waals surface area contributed by atoms with Crippen LogP contribution >= 0.6 is 0 Å². The highest BCUT2D eigenvalue weighted by Gasteiger charge is 2.48. The van der Waals surface area contributed by atoms with Crippen LogP contribution in [0.4, 0.5) is 0 Å². The average Bonchev–Trinajstić information content (AvgIpc) is 2.97. The van der Waals surface area contributed by atoms with Crippen molar-refractivity contribution in [3.8, 4) is 0 Å². The maximum Gasteiger partial charge on any atom is 0.215 e. The van der Waals surface area contributed by atoms with Crippen LogP contribution in [0.2, 0.25) is 0 Å². The average molecular weight is 470 g/mol. The molecule has 6 nitrogen and oxygen atoms in total. The monoisotopic (exact) mass is 469 g/mol. The topological polar surface area (TPSA) is 69.7 Å².